The highest BCUT2D eigenvalue weighted by molar-refractivity contribution is 7.99. The van der Waals surface area contributed by atoms with E-state index < -0.39 is 0 Å². The van der Waals surface area contributed by atoms with Gasteiger partial charge >= 0.3 is 0 Å². The summed E-state index contributed by atoms with van der Waals surface area (Å²) < 4.78 is 5.10. The highest BCUT2D eigenvalue weighted by atomic mass is 32.2. The molecule has 3 N–H and O–H groups in total. The Kier molecular flexibility index (Phi) is 6.03. The number of phenolic OH excluding ortho intramolecular Hbond substituents is 1. The zero-order valence-corrected chi connectivity index (χ0v) is 16.0. The summed E-state index contributed by atoms with van der Waals surface area (Å²) in [6.07, 6.45) is 0.668. The van der Waals surface area contributed by atoms with Crippen LogP contribution in [0.25, 0.3) is 0 Å². The van der Waals surface area contributed by atoms with Crippen LogP contribution in [0.2, 0.25) is 0 Å². The lowest BCUT2D eigenvalue weighted by molar-refractivity contribution is -0.113. The van der Waals surface area contributed by atoms with Crippen molar-refractivity contribution in [2.45, 2.75) is 18.5 Å². The van der Waals surface area contributed by atoms with Gasteiger partial charge in [-0.05, 0) is 48.9 Å². The van der Waals surface area contributed by atoms with Crippen LogP contribution in [-0.4, -0.2) is 33.8 Å². The third-order valence-corrected chi connectivity index (χ3v) is 4.86. The Morgan fingerprint density at radius 2 is 1.89 bits per heavy atom. The largest absolute Gasteiger partial charge is 0.508 e. The van der Waals surface area contributed by atoms with Gasteiger partial charge in [-0.3, -0.25) is 4.79 Å². The summed E-state index contributed by atoms with van der Waals surface area (Å²) in [6, 6.07) is 14.3. The number of anilines is 1. The lowest BCUT2D eigenvalue weighted by Gasteiger charge is -2.05. The SMILES string of the molecule is COc1ccc(NC(=O)CSc2nc(Cc3ccc(O)cc3)c(C)[nH]2)cc1. The molecule has 1 amide bonds. The van der Waals surface area contributed by atoms with E-state index >= 15 is 0 Å². The maximum Gasteiger partial charge on any atom is 0.234 e. The number of nitrogens with one attached hydrogen (secondary N) is 2. The van der Waals surface area contributed by atoms with Gasteiger partial charge in [-0.1, -0.05) is 23.9 Å². The van der Waals surface area contributed by atoms with E-state index in [1.807, 2.05) is 19.1 Å². The number of aromatic nitrogens is 2. The summed E-state index contributed by atoms with van der Waals surface area (Å²) in [5.74, 6) is 1.16. The molecule has 0 fully saturated rings. The standard InChI is InChI=1S/C20H21N3O3S/c1-13-18(11-14-3-7-16(24)8-4-14)23-20(21-13)27-12-19(25)22-15-5-9-17(26-2)10-6-15/h3-10,24H,11-12H2,1-2H3,(H,21,23)(H,22,25). The highest BCUT2D eigenvalue weighted by Crippen LogP contribution is 2.21. The number of hydrogen-bond donors (Lipinski definition) is 3. The number of imidazole rings is 1. The average Bonchev–Trinajstić information content (AvgIpc) is 3.02. The molecule has 1 aromatic heterocycles. The van der Waals surface area contributed by atoms with Crippen molar-refractivity contribution < 1.29 is 14.6 Å². The second-order valence-corrected chi connectivity index (χ2v) is 6.99. The van der Waals surface area contributed by atoms with E-state index in [0.717, 1.165) is 28.4 Å². The maximum atomic E-state index is 12.1. The van der Waals surface area contributed by atoms with Crippen molar-refractivity contribution in [1.82, 2.24) is 9.97 Å². The molecule has 0 aliphatic carbocycles. The Morgan fingerprint density at radius 1 is 1.19 bits per heavy atom. The van der Waals surface area contributed by atoms with E-state index in [9.17, 15) is 9.90 Å². The lowest BCUT2D eigenvalue weighted by atomic mass is 10.1. The van der Waals surface area contributed by atoms with Crippen molar-refractivity contribution >= 4 is 23.4 Å². The summed E-state index contributed by atoms with van der Waals surface area (Å²) in [5.41, 5.74) is 3.70. The first-order valence-electron chi connectivity index (χ1n) is 8.43. The fourth-order valence-corrected chi connectivity index (χ4v) is 3.26. The quantitative estimate of drug-likeness (QED) is 0.541. The molecule has 0 saturated heterocycles. The van der Waals surface area contributed by atoms with Crippen LogP contribution < -0.4 is 10.1 Å². The van der Waals surface area contributed by atoms with Gasteiger partial charge < -0.3 is 20.1 Å². The van der Waals surface area contributed by atoms with Gasteiger partial charge in [0.2, 0.25) is 5.91 Å². The molecule has 3 aromatic rings. The molecular weight excluding hydrogens is 362 g/mol. The Hall–Kier alpha value is -2.93. The summed E-state index contributed by atoms with van der Waals surface area (Å²) in [5, 5.41) is 12.9. The molecule has 3 rings (SSSR count). The van der Waals surface area contributed by atoms with Crippen molar-refractivity contribution in [2.24, 2.45) is 0 Å². The van der Waals surface area contributed by atoms with Crippen LogP contribution in [0.15, 0.2) is 53.7 Å². The van der Waals surface area contributed by atoms with Gasteiger partial charge in [0.1, 0.15) is 11.5 Å². The Bertz CT molecular complexity index is 905. The van der Waals surface area contributed by atoms with E-state index in [-0.39, 0.29) is 17.4 Å². The molecule has 0 spiro atoms. The number of H-pyrrole nitrogens is 1. The fraction of sp³-hybridized carbons (Fsp3) is 0.200. The molecule has 140 valence electrons. The van der Waals surface area contributed by atoms with Crippen LogP contribution in [0.1, 0.15) is 17.0 Å². The van der Waals surface area contributed by atoms with E-state index in [1.165, 1.54) is 11.8 Å². The van der Waals surface area contributed by atoms with E-state index in [2.05, 4.69) is 15.3 Å². The molecule has 0 atom stereocenters. The maximum absolute atomic E-state index is 12.1. The zero-order chi connectivity index (χ0) is 19.2. The first kappa shape index (κ1) is 18.8. The molecule has 0 bridgehead atoms. The fourth-order valence-electron chi connectivity index (χ4n) is 2.52. The second kappa shape index (κ2) is 8.64. The number of nitrogens with zero attached hydrogens (tertiary/aromatic N) is 1. The molecule has 2 aromatic carbocycles. The van der Waals surface area contributed by atoms with Gasteiger partial charge in [-0.2, -0.15) is 0 Å². The molecule has 0 unspecified atom stereocenters. The van der Waals surface area contributed by atoms with Crippen molar-refractivity contribution in [3.05, 3.63) is 65.5 Å². The van der Waals surface area contributed by atoms with Crippen LogP contribution in [0.5, 0.6) is 11.5 Å². The molecule has 7 heteroatoms. The van der Waals surface area contributed by atoms with Crippen LogP contribution in [0.3, 0.4) is 0 Å². The molecule has 1 heterocycles. The van der Waals surface area contributed by atoms with Gasteiger partial charge in [-0.15, -0.1) is 0 Å². The van der Waals surface area contributed by atoms with Crippen molar-refractivity contribution in [2.75, 3.05) is 18.2 Å². The third-order valence-electron chi connectivity index (χ3n) is 3.99. The highest BCUT2D eigenvalue weighted by Gasteiger charge is 2.10. The molecule has 0 aliphatic heterocycles. The van der Waals surface area contributed by atoms with E-state index in [1.54, 1.807) is 43.5 Å². The Morgan fingerprint density at radius 3 is 2.56 bits per heavy atom. The van der Waals surface area contributed by atoms with Gasteiger partial charge in [0.25, 0.3) is 0 Å². The number of aromatic amines is 1. The summed E-state index contributed by atoms with van der Waals surface area (Å²) >= 11 is 1.36. The van der Waals surface area contributed by atoms with Crippen LogP contribution in [-0.2, 0) is 11.2 Å². The summed E-state index contributed by atoms with van der Waals surface area (Å²) in [7, 11) is 1.60. The number of aryl methyl sites for hydroxylation is 1. The normalized spacial score (nSPS) is 10.6. The number of hydrogen-bond acceptors (Lipinski definition) is 5. The average molecular weight is 383 g/mol. The molecule has 0 saturated carbocycles. The van der Waals surface area contributed by atoms with Crippen LogP contribution >= 0.6 is 11.8 Å². The molecular formula is C20H21N3O3S. The topological polar surface area (TPSA) is 87.2 Å². The monoisotopic (exact) mass is 383 g/mol. The number of benzene rings is 2. The number of ether oxygens (including phenoxy) is 1. The predicted molar refractivity (Wildman–Crippen MR) is 107 cm³/mol. The van der Waals surface area contributed by atoms with E-state index in [0.29, 0.717) is 11.6 Å². The lowest BCUT2D eigenvalue weighted by Crippen LogP contribution is -2.14. The molecule has 6 nitrogen and oxygen atoms in total. The number of rotatable bonds is 7. The number of aromatic hydroxyl groups is 1. The summed E-state index contributed by atoms with van der Waals surface area (Å²) in [6.45, 7) is 1.96. The van der Waals surface area contributed by atoms with Gasteiger partial charge in [0.15, 0.2) is 5.16 Å². The molecule has 27 heavy (non-hydrogen) atoms. The minimum Gasteiger partial charge on any atom is -0.508 e. The summed E-state index contributed by atoms with van der Waals surface area (Å²) in [4.78, 5) is 19.9. The number of methoxy groups -OCH3 is 1. The predicted octanol–water partition coefficient (Wildman–Crippen LogP) is 3.75. The third kappa shape index (κ3) is 5.27. The van der Waals surface area contributed by atoms with Gasteiger partial charge in [-0.25, -0.2) is 4.98 Å². The number of phenols is 1. The number of carbonyl (C=O) groups excluding carboxylic acids is 1. The van der Waals surface area contributed by atoms with Gasteiger partial charge in [0.05, 0.1) is 18.6 Å². The number of amides is 1. The minimum atomic E-state index is -0.0979. The van der Waals surface area contributed by atoms with Crippen LogP contribution in [0.4, 0.5) is 5.69 Å². The smallest absolute Gasteiger partial charge is 0.234 e. The van der Waals surface area contributed by atoms with Crippen LogP contribution in [0, 0.1) is 6.92 Å². The Balaban J connectivity index is 1.54. The molecule has 0 radical (unpaired) electrons. The van der Waals surface area contributed by atoms with Crippen molar-refractivity contribution in [3.63, 3.8) is 0 Å². The van der Waals surface area contributed by atoms with Crippen molar-refractivity contribution in [1.29, 1.82) is 0 Å². The minimum absolute atomic E-state index is 0.0979. The molecule has 0 aliphatic rings. The Labute approximate surface area is 162 Å². The van der Waals surface area contributed by atoms with Crippen molar-refractivity contribution in [3.8, 4) is 11.5 Å². The second-order valence-electron chi connectivity index (χ2n) is 6.02. The number of carbonyl (C=O) groups is 1. The van der Waals surface area contributed by atoms with Gasteiger partial charge in [0, 0.05) is 17.8 Å². The number of thioether (sulfide) groups is 1. The zero-order valence-electron chi connectivity index (χ0n) is 15.2. The first-order chi connectivity index (χ1) is 13.0. The first-order valence-corrected chi connectivity index (χ1v) is 9.42. The van der Waals surface area contributed by atoms with E-state index in [4.69, 9.17) is 4.74 Å².